The van der Waals surface area contributed by atoms with Crippen molar-refractivity contribution in [1.29, 1.82) is 4.78 Å². The highest BCUT2D eigenvalue weighted by Crippen LogP contribution is 2.32. The van der Waals surface area contributed by atoms with Crippen LogP contribution in [0, 0.1) is 11.7 Å². The summed E-state index contributed by atoms with van der Waals surface area (Å²) in [7, 11) is -4.04. The average Bonchev–Trinajstić information content (AvgIpc) is 2.77. The number of benzene rings is 2. The van der Waals surface area contributed by atoms with Crippen LogP contribution < -0.4 is 5.32 Å². The Kier molecular flexibility index (Phi) is 6.63. The summed E-state index contributed by atoms with van der Waals surface area (Å²) < 4.78 is 60.9. The Morgan fingerprint density at radius 3 is 2.44 bits per heavy atom. The Hall–Kier alpha value is -3.27. The first-order chi connectivity index (χ1) is 15.0. The molecular weight excluding hydrogens is 441 g/mol. The fourth-order valence-electron chi connectivity index (χ4n) is 3.06. The van der Waals surface area contributed by atoms with Crippen LogP contribution >= 0.6 is 0 Å². The van der Waals surface area contributed by atoms with E-state index >= 15 is 0 Å². The molecule has 0 unspecified atom stereocenters. The third-order valence-corrected chi connectivity index (χ3v) is 6.59. The second kappa shape index (κ2) is 9.07. The molecule has 1 heterocycles. The van der Waals surface area contributed by atoms with Gasteiger partial charge in [-0.25, -0.2) is 8.99 Å². The first-order valence-corrected chi connectivity index (χ1v) is 11.2. The molecule has 32 heavy (non-hydrogen) atoms. The fraction of sp³-hybridized carbons (Fsp3) is 0.227. The molecule has 0 aliphatic rings. The third kappa shape index (κ3) is 5.13. The van der Waals surface area contributed by atoms with E-state index in [0.29, 0.717) is 11.8 Å². The van der Waals surface area contributed by atoms with E-state index in [4.69, 9.17) is 4.78 Å². The van der Waals surface area contributed by atoms with Crippen LogP contribution in [-0.4, -0.2) is 26.9 Å². The predicted molar refractivity (Wildman–Crippen MR) is 113 cm³/mol. The van der Waals surface area contributed by atoms with Gasteiger partial charge in [-0.15, -0.1) is 5.10 Å². The summed E-state index contributed by atoms with van der Waals surface area (Å²) in [6.45, 7) is 3.74. The first kappa shape index (κ1) is 23.4. The molecule has 0 bridgehead atoms. The summed E-state index contributed by atoms with van der Waals surface area (Å²) in [5.74, 6) is -0.656. The number of amides is 1. The maximum atomic E-state index is 13.3. The van der Waals surface area contributed by atoms with Crippen molar-refractivity contribution in [1.82, 2.24) is 15.5 Å². The molecular formula is C22H21F3N4O2S. The van der Waals surface area contributed by atoms with Gasteiger partial charge < -0.3 is 5.32 Å². The number of hydrogen-bond donors (Lipinski definition) is 2. The van der Waals surface area contributed by atoms with Crippen LogP contribution in [-0.2, 0) is 15.9 Å². The summed E-state index contributed by atoms with van der Waals surface area (Å²) in [5, 5.41) is 9.80. The minimum atomic E-state index is -4.67. The topological polar surface area (TPSA) is 95.8 Å². The number of aromatic nitrogens is 2. The van der Waals surface area contributed by atoms with Gasteiger partial charge in [0.15, 0.2) is 5.03 Å². The zero-order chi connectivity index (χ0) is 23.5. The van der Waals surface area contributed by atoms with Gasteiger partial charge in [0.05, 0.1) is 21.7 Å². The average molecular weight is 462 g/mol. The van der Waals surface area contributed by atoms with E-state index in [1.54, 1.807) is 6.92 Å². The number of nitrogens with zero attached hydrogens (tertiary/aromatic N) is 2. The molecule has 1 amide bonds. The summed E-state index contributed by atoms with van der Waals surface area (Å²) in [5.41, 5.74) is 0.146. The first-order valence-electron chi connectivity index (χ1n) is 9.63. The molecule has 6 nitrogen and oxygen atoms in total. The molecule has 2 atom stereocenters. The van der Waals surface area contributed by atoms with E-state index in [-0.39, 0.29) is 18.0 Å². The number of carbonyl (C=O) groups excluding carboxylic acids is 1. The van der Waals surface area contributed by atoms with Crippen molar-refractivity contribution in [2.45, 2.75) is 35.9 Å². The van der Waals surface area contributed by atoms with Crippen LogP contribution in [0.1, 0.15) is 40.0 Å². The van der Waals surface area contributed by atoms with Crippen molar-refractivity contribution in [2.24, 2.45) is 0 Å². The van der Waals surface area contributed by atoms with Gasteiger partial charge in [-0.2, -0.15) is 18.3 Å². The molecule has 0 fully saturated rings. The maximum absolute atomic E-state index is 13.3. The van der Waals surface area contributed by atoms with Crippen LogP contribution in [0.2, 0.25) is 0 Å². The third-order valence-electron chi connectivity index (χ3n) is 4.83. The van der Waals surface area contributed by atoms with Gasteiger partial charge in [0.25, 0.3) is 5.91 Å². The molecule has 2 N–H and O–H groups in total. The lowest BCUT2D eigenvalue weighted by Gasteiger charge is -2.16. The Balaban J connectivity index is 1.93. The fourth-order valence-corrected chi connectivity index (χ4v) is 4.46. The van der Waals surface area contributed by atoms with Crippen molar-refractivity contribution in [3.8, 4) is 0 Å². The van der Waals surface area contributed by atoms with E-state index < -0.39 is 37.3 Å². The highest BCUT2D eigenvalue weighted by molar-refractivity contribution is 7.92. The highest BCUT2D eigenvalue weighted by atomic mass is 32.2. The van der Waals surface area contributed by atoms with E-state index in [0.717, 1.165) is 23.8 Å². The SMILES string of the molecule is Cc1cc(C(=O)NC[C@@H](C)c2ccccc2)c([S@@](=N)(=O)c2cccc(C(F)(F)F)c2)nn1. The lowest BCUT2D eigenvalue weighted by molar-refractivity contribution is -0.137. The Morgan fingerprint density at radius 1 is 1.09 bits per heavy atom. The summed E-state index contributed by atoms with van der Waals surface area (Å²) in [4.78, 5) is 12.5. The maximum Gasteiger partial charge on any atom is 0.416 e. The monoisotopic (exact) mass is 462 g/mol. The largest absolute Gasteiger partial charge is 0.416 e. The predicted octanol–water partition coefficient (Wildman–Crippen LogP) is 4.80. The Labute approximate surface area is 183 Å². The summed E-state index contributed by atoms with van der Waals surface area (Å²) >= 11 is 0. The number of aryl methyl sites for hydroxylation is 1. The zero-order valence-electron chi connectivity index (χ0n) is 17.3. The van der Waals surface area contributed by atoms with Crippen LogP contribution in [0.25, 0.3) is 0 Å². The van der Waals surface area contributed by atoms with E-state index in [2.05, 4.69) is 15.5 Å². The van der Waals surface area contributed by atoms with Crippen molar-refractivity contribution >= 4 is 15.6 Å². The molecule has 0 spiro atoms. The molecule has 2 aromatic carbocycles. The molecule has 3 aromatic rings. The van der Waals surface area contributed by atoms with Gasteiger partial charge in [0.2, 0.25) is 0 Å². The number of halogens is 3. The summed E-state index contributed by atoms with van der Waals surface area (Å²) in [6, 6.07) is 14.5. The normalized spacial score (nSPS) is 14.4. The molecule has 0 radical (unpaired) electrons. The van der Waals surface area contributed by atoms with E-state index in [9.17, 15) is 22.2 Å². The molecule has 0 aliphatic heterocycles. The minimum absolute atomic E-state index is 0.0247. The van der Waals surface area contributed by atoms with Crippen LogP contribution in [0.15, 0.2) is 70.6 Å². The molecule has 1 aromatic heterocycles. The Morgan fingerprint density at radius 2 is 1.78 bits per heavy atom. The van der Waals surface area contributed by atoms with E-state index in [1.165, 1.54) is 6.07 Å². The molecule has 168 valence electrons. The molecule has 10 heteroatoms. The second-order valence-electron chi connectivity index (χ2n) is 7.31. The van der Waals surface area contributed by atoms with Crippen molar-refractivity contribution in [3.05, 3.63) is 83.0 Å². The van der Waals surface area contributed by atoms with Crippen LogP contribution in [0.5, 0.6) is 0 Å². The number of nitrogens with one attached hydrogen (secondary N) is 2. The van der Waals surface area contributed by atoms with Crippen LogP contribution in [0.4, 0.5) is 13.2 Å². The smallest absolute Gasteiger partial charge is 0.351 e. The minimum Gasteiger partial charge on any atom is -0.351 e. The number of carbonyl (C=O) groups is 1. The van der Waals surface area contributed by atoms with Gasteiger partial charge in [-0.05, 0) is 42.7 Å². The van der Waals surface area contributed by atoms with E-state index in [1.807, 2.05) is 37.3 Å². The second-order valence-corrected chi connectivity index (χ2v) is 9.28. The summed E-state index contributed by atoms with van der Waals surface area (Å²) in [6.07, 6.45) is -4.67. The van der Waals surface area contributed by atoms with Crippen LogP contribution in [0.3, 0.4) is 0 Å². The Bertz CT molecular complexity index is 1230. The van der Waals surface area contributed by atoms with Gasteiger partial charge in [0.1, 0.15) is 9.73 Å². The van der Waals surface area contributed by atoms with Gasteiger partial charge in [-0.1, -0.05) is 43.3 Å². The highest BCUT2D eigenvalue weighted by Gasteiger charge is 2.32. The zero-order valence-corrected chi connectivity index (χ0v) is 18.1. The number of alkyl halides is 3. The molecule has 0 aliphatic carbocycles. The molecule has 0 saturated carbocycles. The van der Waals surface area contributed by atoms with Gasteiger partial charge >= 0.3 is 6.18 Å². The van der Waals surface area contributed by atoms with Crippen molar-refractivity contribution in [3.63, 3.8) is 0 Å². The lowest BCUT2D eigenvalue weighted by Crippen LogP contribution is -2.29. The van der Waals surface area contributed by atoms with Gasteiger partial charge in [0, 0.05) is 6.54 Å². The quantitative estimate of drug-likeness (QED) is 0.550. The van der Waals surface area contributed by atoms with Gasteiger partial charge in [-0.3, -0.25) is 4.79 Å². The molecule has 3 rings (SSSR count). The van der Waals surface area contributed by atoms with Crippen molar-refractivity contribution in [2.75, 3.05) is 6.54 Å². The standard InChI is InChI=1S/C22H21F3N4O2S/c1-14(16-7-4-3-5-8-16)13-27-20(30)19-11-15(2)28-29-21(19)32(26,31)18-10-6-9-17(12-18)22(23,24)25/h3-12,14,26H,13H2,1-2H3,(H,27,30)/t14-,32+/m1/s1. The number of hydrogen-bond acceptors (Lipinski definition) is 5. The number of rotatable bonds is 6. The van der Waals surface area contributed by atoms with Crippen molar-refractivity contribution < 1.29 is 22.2 Å². The molecule has 0 saturated heterocycles. The lowest BCUT2D eigenvalue weighted by atomic mass is 10.0.